The third-order valence-electron chi connectivity index (χ3n) is 4.15. The number of nitrogens with zero attached hydrogens (tertiary/aromatic N) is 2. The molecule has 6 heteroatoms. The minimum absolute atomic E-state index is 0.199. The number of hydrogen-bond acceptors (Lipinski definition) is 5. The van der Waals surface area contributed by atoms with Crippen LogP contribution in [0, 0.1) is 11.3 Å². The summed E-state index contributed by atoms with van der Waals surface area (Å²) in [5.41, 5.74) is 0.198. The third kappa shape index (κ3) is 2.66. The maximum atomic E-state index is 12.6. The fourth-order valence-corrected chi connectivity index (χ4v) is 2.54. The van der Waals surface area contributed by atoms with E-state index in [1.165, 1.54) is 12.1 Å². The number of benzene rings is 2. The molecule has 1 aliphatic rings. The lowest BCUT2D eigenvalue weighted by Crippen LogP contribution is -2.40. The van der Waals surface area contributed by atoms with Crippen LogP contribution in [0.25, 0.3) is 0 Å². The van der Waals surface area contributed by atoms with E-state index in [1.807, 2.05) is 6.07 Å². The maximum Gasteiger partial charge on any atom is 0.343 e. The molecule has 0 N–H and O–H groups in total. The molecule has 1 heterocycles. The van der Waals surface area contributed by atoms with E-state index in [4.69, 9.17) is 10.1 Å². The quantitative estimate of drug-likeness (QED) is 0.805. The molecule has 0 fully saturated rings. The van der Waals surface area contributed by atoms with Gasteiger partial charge in [-0.25, -0.2) is 4.79 Å². The van der Waals surface area contributed by atoms with E-state index in [1.54, 1.807) is 50.2 Å². The Morgan fingerprint density at radius 1 is 1.04 bits per heavy atom. The van der Waals surface area contributed by atoms with E-state index < -0.39 is 23.2 Å². The number of amides is 2. The zero-order chi connectivity index (χ0) is 18.2. The van der Waals surface area contributed by atoms with Gasteiger partial charge in [-0.3, -0.25) is 9.59 Å². The highest BCUT2D eigenvalue weighted by Gasteiger charge is 2.42. The summed E-state index contributed by atoms with van der Waals surface area (Å²) in [5, 5.41) is 9.49. The van der Waals surface area contributed by atoms with E-state index in [0.29, 0.717) is 16.2 Å². The lowest BCUT2D eigenvalue weighted by atomic mass is 9.84. The number of hydroxylamine groups is 2. The molecule has 0 saturated heterocycles. The first-order chi connectivity index (χ1) is 11.9. The van der Waals surface area contributed by atoms with Crippen molar-refractivity contribution < 1.29 is 19.2 Å². The summed E-state index contributed by atoms with van der Waals surface area (Å²) in [4.78, 5) is 42.3. The molecule has 0 bridgehead atoms. The molecule has 0 spiro atoms. The van der Waals surface area contributed by atoms with E-state index in [2.05, 4.69) is 0 Å². The van der Waals surface area contributed by atoms with Crippen LogP contribution in [-0.2, 0) is 15.0 Å². The highest BCUT2D eigenvalue weighted by molar-refractivity contribution is 6.21. The first-order valence-corrected chi connectivity index (χ1v) is 7.57. The molecule has 0 aliphatic carbocycles. The highest BCUT2D eigenvalue weighted by atomic mass is 16.7. The van der Waals surface area contributed by atoms with E-state index in [-0.39, 0.29) is 11.1 Å². The van der Waals surface area contributed by atoms with Crippen molar-refractivity contribution >= 4 is 17.8 Å². The van der Waals surface area contributed by atoms with Crippen LogP contribution in [0.4, 0.5) is 0 Å². The summed E-state index contributed by atoms with van der Waals surface area (Å²) >= 11 is 0. The van der Waals surface area contributed by atoms with Gasteiger partial charge in [0.15, 0.2) is 0 Å². The summed E-state index contributed by atoms with van der Waals surface area (Å²) in [6.07, 6.45) is 0. The minimum Gasteiger partial charge on any atom is -0.329 e. The van der Waals surface area contributed by atoms with Crippen molar-refractivity contribution in [2.75, 3.05) is 0 Å². The van der Waals surface area contributed by atoms with Gasteiger partial charge in [-0.2, -0.15) is 5.26 Å². The molecule has 0 atom stereocenters. The fourth-order valence-electron chi connectivity index (χ4n) is 2.54. The number of imide groups is 1. The Bertz CT molecular complexity index is 905. The van der Waals surface area contributed by atoms with Gasteiger partial charge in [-0.15, -0.1) is 0 Å². The number of carbonyl (C=O) groups is 3. The lowest BCUT2D eigenvalue weighted by molar-refractivity contribution is -0.174. The van der Waals surface area contributed by atoms with Gasteiger partial charge < -0.3 is 4.84 Å². The van der Waals surface area contributed by atoms with Crippen LogP contribution in [0.5, 0.6) is 0 Å². The van der Waals surface area contributed by atoms with Crippen LogP contribution in [0.15, 0.2) is 48.5 Å². The second-order valence-corrected chi connectivity index (χ2v) is 6.15. The van der Waals surface area contributed by atoms with Crippen LogP contribution >= 0.6 is 0 Å². The number of fused-ring (bicyclic) bond motifs is 1. The third-order valence-corrected chi connectivity index (χ3v) is 4.15. The molecule has 1 aliphatic heterocycles. The smallest absolute Gasteiger partial charge is 0.329 e. The van der Waals surface area contributed by atoms with Crippen LogP contribution in [0.2, 0.25) is 0 Å². The summed E-state index contributed by atoms with van der Waals surface area (Å²) < 4.78 is 0. The average molecular weight is 334 g/mol. The van der Waals surface area contributed by atoms with Crippen LogP contribution in [0.1, 0.15) is 45.7 Å². The van der Waals surface area contributed by atoms with Crippen molar-refractivity contribution in [2.24, 2.45) is 0 Å². The number of rotatable bonds is 3. The zero-order valence-corrected chi connectivity index (χ0v) is 13.6. The van der Waals surface area contributed by atoms with Gasteiger partial charge in [0, 0.05) is 0 Å². The van der Waals surface area contributed by atoms with Crippen LogP contribution in [0.3, 0.4) is 0 Å². The Morgan fingerprint density at radius 2 is 1.64 bits per heavy atom. The van der Waals surface area contributed by atoms with Crippen molar-refractivity contribution in [2.45, 2.75) is 19.3 Å². The fraction of sp³-hybridized carbons (Fsp3) is 0.158. The van der Waals surface area contributed by atoms with Crippen LogP contribution < -0.4 is 0 Å². The van der Waals surface area contributed by atoms with Crippen molar-refractivity contribution in [3.8, 4) is 6.07 Å². The molecular weight excluding hydrogens is 320 g/mol. The number of hydrogen-bond donors (Lipinski definition) is 0. The van der Waals surface area contributed by atoms with Gasteiger partial charge in [-0.05, 0) is 43.7 Å². The van der Waals surface area contributed by atoms with Gasteiger partial charge >= 0.3 is 5.97 Å². The lowest BCUT2D eigenvalue weighted by Gasteiger charge is -2.25. The second kappa shape index (κ2) is 5.87. The van der Waals surface area contributed by atoms with E-state index in [9.17, 15) is 14.4 Å². The first-order valence-electron chi connectivity index (χ1n) is 7.57. The number of nitriles is 1. The molecule has 0 radical (unpaired) electrons. The molecule has 25 heavy (non-hydrogen) atoms. The molecule has 2 amide bonds. The average Bonchev–Trinajstić information content (AvgIpc) is 2.87. The van der Waals surface area contributed by atoms with E-state index in [0.717, 1.165) is 0 Å². The van der Waals surface area contributed by atoms with Gasteiger partial charge in [0.05, 0.1) is 28.2 Å². The normalized spacial score (nSPS) is 13.4. The standard InChI is InChI=1S/C19H14N2O4/c1-19(2,13-7-5-6-12(10-13)11-20)18(24)25-21-16(22)14-8-3-4-9-15(14)17(21)23/h3-10H,1-2H3. The Labute approximate surface area is 144 Å². The van der Waals surface area contributed by atoms with Crippen molar-refractivity contribution in [1.29, 1.82) is 5.26 Å². The topological polar surface area (TPSA) is 87.5 Å². The molecular formula is C19H14N2O4. The Kier molecular flexibility index (Phi) is 3.85. The summed E-state index contributed by atoms with van der Waals surface area (Å²) in [5.74, 6) is -2.11. The minimum atomic E-state index is -1.15. The molecule has 3 rings (SSSR count). The van der Waals surface area contributed by atoms with Gasteiger partial charge in [0.1, 0.15) is 0 Å². The molecule has 0 saturated carbocycles. The van der Waals surface area contributed by atoms with E-state index >= 15 is 0 Å². The van der Waals surface area contributed by atoms with Gasteiger partial charge in [-0.1, -0.05) is 29.3 Å². The Hall–Kier alpha value is -3.46. The Morgan fingerprint density at radius 3 is 2.20 bits per heavy atom. The summed E-state index contributed by atoms with van der Waals surface area (Å²) in [6, 6.07) is 14.8. The maximum absolute atomic E-state index is 12.6. The van der Waals surface area contributed by atoms with Crippen molar-refractivity contribution in [3.63, 3.8) is 0 Å². The molecule has 2 aromatic rings. The molecule has 124 valence electrons. The van der Waals surface area contributed by atoms with Gasteiger partial charge in [0.2, 0.25) is 0 Å². The van der Waals surface area contributed by atoms with Gasteiger partial charge in [0.25, 0.3) is 11.8 Å². The molecule has 6 nitrogen and oxygen atoms in total. The Balaban J connectivity index is 1.86. The molecule has 0 aromatic heterocycles. The monoisotopic (exact) mass is 334 g/mol. The van der Waals surface area contributed by atoms with Crippen molar-refractivity contribution in [3.05, 3.63) is 70.8 Å². The SMILES string of the molecule is CC(C)(C(=O)ON1C(=O)c2ccccc2C1=O)c1cccc(C#N)c1. The molecule has 0 unspecified atom stereocenters. The first kappa shape index (κ1) is 16.4. The predicted octanol–water partition coefficient (Wildman–Crippen LogP) is 2.59. The largest absolute Gasteiger partial charge is 0.343 e. The summed E-state index contributed by atoms with van der Waals surface area (Å²) in [6.45, 7) is 3.20. The number of carbonyl (C=O) groups excluding carboxylic acids is 3. The summed E-state index contributed by atoms with van der Waals surface area (Å²) in [7, 11) is 0. The van der Waals surface area contributed by atoms with Crippen LogP contribution in [-0.4, -0.2) is 22.8 Å². The second-order valence-electron chi connectivity index (χ2n) is 6.15. The van der Waals surface area contributed by atoms with Crippen molar-refractivity contribution in [1.82, 2.24) is 5.06 Å². The predicted molar refractivity (Wildman–Crippen MR) is 87.2 cm³/mol. The zero-order valence-electron chi connectivity index (χ0n) is 13.6. The highest BCUT2D eigenvalue weighted by Crippen LogP contribution is 2.29. The molecule has 2 aromatic carbocycles.